The lowest BCUT2D eigenvalue weighted by molar-refractivity contribution is -0.141. The topological polar surface area (TPSA) is 84.1 Å². The van der Waals surface area contributed by atoms with Crippen LogP contribution in [0.3, 0.4) is 0 Å². The van der Waals surface area contributed by atoms with Crippen LogP contribution in [-0.4, -0.2) is 29.0 Å². The lowest BCUT2D eigenvalue weighted by Crippen LogP contribution is -2.31. The summed E-state index contributed by atoms with van der Waals surface area (Å²) in [4.78, 5) is 31.5. The van der Waals surface area contributed by atoms with E-state index in [0.717, 1.165) is 18.4 Å². The van der Waals surface area contributed by atoms with Crippen molar-refractivity contribution >= 4 is 11.9 Å². The molecule has 120 valence electrons. The Kier molecular flexibility index (Phi) is 4.41. The molecule has 6 nitrogen and oxygen atoms in total. The lowest BCUT2D eigenvalue weighted by Gasteiger charge is -2.17. The predicted molar refractivity (Wildman–Crippen MR) is 83.8 cm³/mol. The second-order valence-electron chi connectivity index (χ2n) is 5.66. The van der Waals surface area contributed by atoms with Gasteiger partial charge in [0.25, 0.3) is 5.91 Å². The van der Waals surface area contributed by atoms with Gasteiger partial charge in [0.1, 0.15) is 0 Å². The molecule has 3 rings (SSSR count). The maximum absolute atomic E-state index is 12.6. The van der Waals surface area contributed by atoms with Gasteiger partial charge in [-0.15, -0.1) is 0 Å². The van der Waals surface area contributed by atoms with Gasteiger partial charge < -0.3 is 15.0 Å². The molecule has 2 heterocycles. The van der Waals surface area contributed by atoms with E-state index < -0.39 is 12.0 Å². The second-order valence-corrected chi connectivity index (χ2v) is 5.66. The summed E-state index contributed by atoms with van der Waals surface area (Å²) in [5.41, 5.74) is 2.31. The normalized spacial score (nSPS) is 15.0. The standard InChI is InChI=1S/C17H19N3O3/c1-23-16(21)8-15(14-4-2-3-7-19-14)20-17(22)13-10-18-9-12(13)11-5-6-11/h2-4,7,9-11,15,18H,5-6,8H2,1H3,(H,20,22). The van der Waals surface area contributed by atoms with Gasteiger partial charge in [-0.2, -0.15) is 0 Å². The smallest absolute Gasteiger partial charge is 0.308 e. The maximum atomic E-state index is 12.6. The Labute approximate surface area is 134 Å². The van der Waals surface area contributed by atoms with Crippen molar-refractivity contribution in [1.82, 2.24) is 15.3 Å². The van der Waals surface area contributed by atoms with Crippen LogP contribution in [0.15, 0.2) is 36.8 Å². The molecule has 2 aromatic heterocycles. The molecule has 1 aliphatic rings. The SMILES string of the molecule is COC(=O)CC(NC(=O)c1c[nH]cc1C1CC1)c1ccccn1. The molecule has 23 heavy (non-hydrogen) atoms. The minimum Gasteiger partial charge on any atom is -0.469 e. The van der Waals surface area contributed by atoms with Crippen LogP contribution < -0.4 is 5.32 Å². The van der Waals surface area contributed by atoms with Gasteiger partial charge in [0.05, 0.1) is 30.8 Å². The number of hydrogen-bond acceptors (Lipinski definition) is 4. The summed E-state index contributed by atoms with van der Waals surface area (Å²) in [7, 11) is 1.33. The van der Waals surface area contributed by atoms with Gasteiger partial charge in [0.15, 0.2) is 0 Å². The van der Waals surface area contributed by atoms with Gasteiger partial charge >= 0.3 is 5.97 Å². The first kappa shape index (κ1) is 15.3. The van der Waals surface area contributed by atoms with Gasteiger partial charge in [-0.25, -0.2) is 0 Å². The molecule has 1 atom stereocenters. The third-order valence-electron chi connectivity index (χ3n) is 3.99. The number of aromatic amines is 1. The first-order chi connectivity index (χ1) is 11.2. The molecule has 1 aliphatic carbocycles. The molecular formula is C17H19N3O3. The van der Waals surface area contributed by atoms with Crippen molar-refractivity contribution in [1.29, 1.82) is 0 Å². The Morgan fingerprint density at radius 1 is 1.39 bits per heavy atom. The zero-order valence-corrected chi connectivity index (χ0v) is 12.9. The van der Waals surface area contributed by atoms with Crippen molar-refractivity contribution in [3.8, 4) is 0 Å². The molecule has 0 radical (unpaired) electrons. The van der Waals surface area contributed by atoms with Gasteiger partial charge in [0.2, 0.25) is 0 Å². The summed E-state index contributed by atoms with van der Waals surface area (Å²) in [6.45, 7) is 0. The molecule has 1 unspecified atom stereocenters. The summed E-state index contributed by atoms with van der Waals surface area (Å²) in [5.74, 6) is -0.124. The maximum Gasteiger partial charge on any atom is 0.308 e. The number of aromatic nitrogens is 2. The van der Waals surface area contributed by atoms with Crippen LogP contribution in [0.4, 0.5) is 0 Å². The summed E-state index contributed by atoms with van der Waals surface area (Å²) < 4.78 is 4.72. The average Bonchev–Trinajstić information content (AvgIpc) is 3.31. The zero-order valence-electron chi connectivity index (χ0n) is 12.9. The molecule has 2 N–H and O–H groups in total. The Balaban J connectivity index is 1.78. The first-order valence-electron chi connectivity index (χ1n) is 7.64. The van der Waals surface area contributed by atoms with Crippen molar-refractivity contribution in [3.63, 3.8) is 0 Å². The molecule has 1 fully saturated rings. The van der Waals surface area contributed by atoms with Crippen molar-refractivity contribution in [2.75, 3.05) is 7.11 Å². The molecule has 0 saturated heterocycles. The number of hydrogen-bond donors (Lipinski definition) is 2. The van der Waals surface area contributed by atoms with Crippen molar-refractivity contribution < 1.29 is 14.3 Å². The highest BCUT2D eigenvalue weighted by Gasteiger charge is 2.30. The number of amides is 1. The number of nitrogens with zero attached hydrogens (tertiary/aromatic N) is 1. The van der Waals surface area contributed by atoms with Crippen LogP contribution in [0.1, 0.15) is 52.8 Å². The fourth-order valence-corrected chi connectivity index (χ4v) is 2.60. The van der Waals surface area contributed by atoms with E-state index in [-0.39, 0.29) is 12.3 Å². The van der Waals surface area contributed by atoms with Crippen LogP contribution in [0.25, 0.3) is 0 Å². The molecular weight excluding hydrogens is 294 g/mol. The van der Waals surface area contributed by atoms with Crippen molar-refractivity contribution in [2.24, 2.45) is 0 Å². The highest BCUT2D eigenvalue weighted by atomic mass is 16.5. The Bertz CT molecular complexity index is 692. The Hall–Kier alpha value is -2.63. The molecule has 0 aromatic carbocycles. The zero-order chi connectivity index (χ0) is 16.2. The van der Waals surface area contributed by atoms with Crippen LogP contribution >= 0.6 is 0 Å². The van der Waals surface area contributed by atoms with Gasteiger partial charge in [0, 0.05) is 18.6 Å². The summed E-state index contributed by atoms with van der Waals surface area (Å²) in [6, 6.07) is 4.88. The van der Waals surface area contributed by atoms with Gasteiger partial charge in [-0.05, 0) is 36.5 Å². The summed E-state index contributed by atoms with van der Waals surface area (Å²) in [6.07, 6.45) is 7.49. The van der Waals surface area contributed by atoms with E-state index >= 15 is 0 Å². The van der Waals surface area contributed by atoms with Crippen LogP contribution in [0, 0.1) is 0 Å². The monoisotopic (exact) mass is 313 g/mol. The largest absolute Gasteiger partial charge is 0.469 e. The number of methoxy groups -OCH3 is 1. The lowest BCUT2D eigenvalue weighted by atomic mass is 10.1. The number of pyridine rings is 1. The van der Waals surface area contributed by atoms with Gasteiger partial charge in [-0.3, -0.25) is 14.6 Å². The third-order valence-corrected chi connectivity index (χ3v) is 3.99. The average molecular weight is 313 g/mol. The van der Waals surface area contributed by atoms with E-state index in [1.807, 2.05) is 12.3 Å². The van der Waals surface area contributed by atoms with Gasteiger partial charge in [-0.1, -0.05) is 6.07 Å². The molecule has 0 bridgehead atoms. The summed E-state index contributed by atoms with van der Waals surface area (Å²) >= 11 is 0. The number of rotatable bonds is 6. The number of carbonyl (C=O) groups excluding carboxylic acids is 2. The number of carbonyl (C=O) groups is 2. The molecule has 0 aliphatic heterocycles. The molecule has 6 heteroatoms. The predicted octanol–water partition coefficient (Wildman–Crippen LogP) is 2.32. The third kappa shape index (κ3) is 3.59. The highest BCUT2D eigenvalue weighted by Crippen LogP contribution is 2.41. The molecule has 1 amide bonds. The van der Waals surface area contributed by atoms with E-state index in [0.29, 0.717) is 17.2 Å². The highest BCUT2D eigenvalue weighted by molar-refractivity contribution is 5.96. The summed E-state index contributed by atoms with van der Waals surface area (Å²) in [5, 5.41) is 2.90. The van der Waals surface area contributed by atoms with Crippen molar-refractivity contribution in [3.05, 3.63) is 53.6 Å². The van der Waals surface area contributed by atoms with E-state index in [2.05, 4.69) is 15.3 Å². The minimum atomic E-state index is -0.516. The van der Waals surface area contributed by atoms with Crippen LogP contribution in [-0.2, 0) is 9.53 Å². The van der Waals surface area contributed by atoms with Crippen LogP contribution in [0.5, 0.6) is 0 Å². The number of nitrogens with one attached hydrogen (secondary N) is 2. The van der Waals surface area contributed by atoms with E-state index in [1.54, 1.807) is 24.5 Å². The quantitative estimate of drug-likeness (QED) is 0.802. The second kappa shape index (κ2) is 6.64. The van der Waals surface area contributed by atoms with E-state index in [4.69, 9.17) is 4.74 Å². The van der Waals surface area contributed by atoms with Crippen LogP contribution in [0.2, 0.25) is 0 Å². The molecule has 2 aromatic rings. The first-order valence-corrected chi connectivity index (χ1v) is 7.64. The molecule has 0 spiro atoms. The Morgan fingerprint density at radius 3 is 2.87 bits per heavy atom. The van der Waals surface area contributed by atoms with E-state index in [9.17, 15) is 9.59 Å². The minimum absolute atomic E-state index is 0.0441. The van der Waals surface area contributed by atoms with E-state index in [1.165, 1.54) is 7.11 Å². The van der Waals surface area contributed by atoms with Crippen molar-refractivity contribution in [2.45, 2.75) is 31.2 Å². The fraction of sp³-hybridized carbons (Fsp3) is 0.353. The number of esters is 1. The fourth-order valence-electron chi connectivity index (χ4n) is 2.60. The molecule has 1 saturated carbocycles. The number of ether oxygens (including phenoxy) is 1. The number of H-pyrrole nitrogens is 1. The Morgan fingerprint density at radius 2 is 2.22 bits per heavy atom.